The summed E-state index contributed by atoms with van der Waals surface area (Å²) >= 11 is 0. The van der Waals surface area contributed by atoms with Gasteiger partial charge >= 0.3 is 0 Å². The molecule has 1 fully saturated rings. The summed E-state index contributed by atoms with van der Waals surface area (Å²) < 4.78 is 11.3. The Morgan fingerprint density at radius 1 is 1.29 bits per heavy atom. The van der Waals surface area contributed by atoms with Crippen molar-refractivity contribution in [3.8, 4) is 5.75 Å². The maximum atomic E-state index is 9.79. The van der Waals surface area contributed by atoms with Crippen LogP contribution in [0.15, 0.2) is 24.3 Å². The van der Waals surface area contributed by atoms with Crippen molar-refractivity contribution >= 4 is 0 Å². The monoisotopic (exact) mass is 298 g/mol. The molecule has 2 rings (SSSR count). The molecule has 6 nitrogen and oxygen atoms in total. The third-order valence-electron chi connectivity index (χ3n) is 3.67. The minimum atomic E-state index is -1.11. The number of phenols is 1. The Labute approximate surface area is 123 Å². The number of phenolic OH excluding ortho intramolecular Hbond substituents is 1. The number of aliphatic hydroxyl groups is 3. The van der Waals surface area contributed by atoms with Crippen molar-refractivity contribution in [2.75, 3.05) is 6.61 Å². The second-order valence-corrected chi connectivity index (χ2v) is 5.20. The summed E-state index contributed by atoms with van der Waals surface area (Å²) in [5, 5.41) is 37.9. The van der Waals surface area contributed by atoms with Crippen LogP contribution in [0.25, 0.3) is 0 Å². The molecule has 1 heterocycles. The summed E-state index contributed by atoms with van der Waals surface area (Å²) in [7, 11) is 0. The molecule has 4 N–H and O–H groups in total. The van der Waals surface area contributed by atoms with E-state index in [4.69, 9.17) is 14.6 Å². The molecule has 1 aliphatic heterocycles. The van der Waals surface area contributed by atoms with Crippen LogP contribution >= 0.6 is 0 Å². The average molecular weight is 298 g/mol. The van der Waals surface area contributed by atoms with E-state index in [2.05, 4.69) is 0 Å². The molecule has 118 valence electrons. The number of hydrogen-bond donors (Lipinski definition) is 4. The van der Waals surface area contributed by atoms with Crippen LogP contribution < -0.4 is 0 Å². The van der Waals surface area contributed by atoms with Gasteiger partial charge in [-0.05, 0) is 24.1 Å². The van der Waals surface area contributed by atoms with Gasteiger partial charge in [-0.25, -0.2) is 0 Å². The minimum absolute atomic E-state index is 0.145. The lowest BCUT2D eigenvalue weighted by Gasteiger charge is -2.37. The van der Waals surface area contributed by atoms with Gasteiger partial charge in [0.2, 0.25) is 0 Å². The summed E-state index contributed by atoms with van der Waals surface area (Å²) in [4.78, 5) is 0. The zero-order valence-corrected chi connectivity index (χ0v) is 11.9. The molecule has 2 unspecified atom stereocenters. The van der Waals surface area contributed by atoms with Crippen LogP contribution in [0.3, 0.4) is 0 Å². The first-order valence-corrected chi connectivity index (χ1v) is 7.12. The standard InChI is InChI=1S/C15H22O6/c1-2-12(9-3-5-10(17)6-4-9)20-14-7-11(18)15(19)13(8-16)21-14/h3-6,11-19H,2,7-8H2,1H3/t11-,12?,13?,14-,15+/m1/s1. The Bertz CT molecular complexity index is 434. The third-order valence-corrected chi connectivity index (χ3v) is 3.67. The molecular formula is C15H22O6. The van der Waals surface area contributed by atoms with Crippen LogP contribution in [0.5, 0.6) is 5.75 Å². The molecule has 1 aliphatic rings. The van der Waals surface area contributed by atoms with Gasteiger partial charge in [-0.1, -0.05) is 19.1 Å². The quantitative estimate of drug-likeness (QED) is 0.638. The number of ether oxygens (including phenoxy) is 2. The highest BCUT2D eigenvalue weighted by Crippen LogP contribution is 2.29. The van der Waals surface area contributed by atoms with E-state index in [1.807, 2.05) is 6.92 Å². The topological polar surface area (TPSA) is 99.4 Å². The second-order valence-electron chi connectivity index (χ2n) is 5.20. The zero-order chi connectivity index (χ0) is 15.4. The van der Waals surface area contributed by atoms with Crippen molar-refractivity contribution in [1.82, 2.24) is 0 Å². The van der Waals surface area contributed by atoms with E-state index in [0.717, 1.165) is 5.56 Å². The van der Waals surface area contributed by atoms with Crippen molar-refractivity contribution in [3.63, 3.8) is 0 Å². The van der Waals surface area contributed by atoms with Crippen LogP contribution in [0, 0.1) is 0 Å². The highest BCUT2D eigenvalue weighted by Gasteiger charge is 2.37. The predicted octanol–water partition coefficient (Wildman–Crippen LogP) is 0.689. The van der Waals surface area contributed by atoms with Gasteiger partial charge in [0.05, 0.1) is 18.8 Å². The molecule has 1 aromatic carbocycles. The van der Waals surface area contributed by atoms with Gasteiger partial charge in [0.25, 0.3) is 0 Å². The Hall–Kier alpha value is -1.18. The summed E-state index contributed by atoms with van der Waals surface area (Å²) in [5.41, 5.74) is 0.889. The van der Waals surface area contributed by atoms with E-state index in [-0.39, 0.29) is 24.9 Å². The second kappa shape index (κ2) is 7.20. The first-order chi connectivity index (χ1) is 10.0. The average Bonchev–Trinajstić information content (AvgIpc) is 2.49. The highest BCUT2D eigenvalue weighted by molar-refractivity contribution is 5.27. The van der Waals surface area contributed by atoms with E-state index in [1.165, 1.54) is 0 Å². The van der Waals surface area contributed by atoms with Crippen LogP contribution in [0.4, 0.5) is 0 Å². The molecule has 5 atom stereocenters. The normalized spacial score (nSPS) is 31.0. The summed E-state index contributed by atoms with van der Waals surface area (Å²) in [5.74, 6) is 0.182. The first kappa shape index (κ1) is 16.2. The molecule has 1 saturated heterocycles. The van der Waals surface area contributed by atoms with Gasteiger partial charge in [0.1, 0.15) is 18.0 Å². The molecule has 6 heteroatoms. The summed E-state index contributed by atoms with van der Waals surface area (Å²) in [6.07, 6.45) is -3.06. The van der Waals surface area contributed by atoms with Gasteiger partial charge < -0.3 is 29.9 Å². The van der Waals surface area contributed by atoms with Crippen molar-refractivity contribution in [3.05, 3.63) is 29.8 Å². The van der Waals surface area contributed by atoms with Crippen molar-refractivity contribution in [2.45, 2.75) is 50.5 Å². The third kappa shape index (κ3) is 3.93. The van der Waals surface area contributed by atoms with Gasteiger partial charge in [0, 0.05) is 6.42 Å². The van der Waals surface area contributed by atoms with E-state index >= 15 is 0 Å². The smallest absolute Gasteiger partial charge is 0.161 e. The molecule has 1 aromatic rings. The summed E-state index contributed by atoms with van der Waals surface area (Å²) in [6.45, 7) is 1.57. The van der Waals surface area contributed by atoms with E-state index in [1.54, 1.807) is 24.3 Å². The first-order valence-electron chi connectivity index (χ1n) is 7.12. The van der Waals surface area contributed by atoms with E-state index in [9.17, 15) is 15.3 Å². The van der Waals surface area contributed by atoms with Gasteiger partial charge in [-0.2, -0.15) is 0 Å². The highest BCUT2D eigenvalue weighted by atomic mass is 16.7. The number of rotatable bonds is 5. The van der Waals surface area contributed by atoms with Crippen molar-refractivity contribution in [2.24, 2.45) is 0 Å². The molecule has 0 amide bonds. The molecule has 0 aliphatic carbocycles. The fourth-order valence-electron chi connectivity index (χ4n) is 2.44. The van der Waals surface area contributed by atoms with Crippen LogP contribution in [-0.2, 0) is 9.47 Å². The Balaban J connectivity index is 2.03. The maximum absolute atomic E-state index is 9.79. The van der Waals surface area contributed by atoms with Crippen LogP contribution in [-0.4, -0.2) is 51.6 Å². The molecule has 0 saturated carbocycles. The molecule has 21 heavy (non-hydrogen) atoms. The Morgan fingerprint density at radius 3 is 2.52 bits per heavy atom. The maximum Gasteiger partial charge on any atom is 0.161 e. The fraction of sp³-hybridized carbons (Fsp3) is 0.600. The lowest BCUT2D eigenvalue weighted by molar-refractivity contribution is -0.270. The largest absolute Gasteiger partial charge is 0.508 e. The lowest BCUT2D eigenvalue weighted by Crippen LogP contribution is -2.50. The van der Waals surface area contributed by atoms with Crippen LogP contribution in [0.1, 0.15) is 31.4 Å². The van der Waals surface area contributed by atoms with Gasteiger partial charge in [-0.3, -0.25) is 0 Å². The van der Waals surface area contributed by atoms with E-state index < -0.39 is 24.6 Å². The Kier molecular flexibility index (Phi) is 5.55. The van der Waals surface area contributed by atoms with Crippen LogP contribution in [0.2, 0.25) is 0 Å². The van der Waals surface area contributed by atoms with Crippen molar-refractivity contribution in [1.29, 1.82) is 0 Å². The minimum Gasteiger partial charge on any atom is -0.508 e. The molecular weight excluding hydrogens is 276 g/mol. The molecule has 0 bridgehead atoms. The van der Waals surface area contributed by atoms with Gasteiger partial charge in [-0.15, -0.1) is 0 Å². The fourth-order valence-corrected chi connectivity index (χ4v) is 2.44. The number of hydrogen-bond acceptors (Lipinski definition) is 6. The number of benzene rings is 1. The van der Waals surface area contributed by atoms with Crippen molar-refractivity contribution < 1.29 is 29.9 Å². The Morgan fingerprint density at radius 2 is 1.95 bits per heavy atom. The number of aromatic hydroxyl groups is 1. The molecule has 0 aromatic heterocycles. The predicted molar refractivity (Wildman–Crippen MR) is 74.6 cm³/mol. The molecule has 0 radical (unpaired) electrons. The SMILES string of the molecule is CCC(O[C@H]1C[C@@H](O)[C@H](O)C(CO)O1)c1ccc(O)cc1. The lowest BCUT2D eigenvalue weighted by atomic mass is 10.0. The van der Waals surface area contributed by atoms with Gasteiger partial charge in [0.15, 0.2) is 6.29 Å². The summed E-state index contributed by atoms with van der Waals surface area (Å²) in [6, 6.07) is 6.69. The molecule has 0 spiro atoms. The number of aliphatic hydroxyl groups excluding tert-OH is 3. The van der Waals surface area contributed by atoms with E-state index in [0.29, 0.717) is 6.42 Å². The zero-order valence-electron chi connectivity index (χ0n) is 11.9.